The number of halogens is 1. The fraction of sp³-hybridized carbons (Fsp3) is 0.333. The first-order chi connectivity index (χ1) is 14.0. The minimum absolute atomic E-state index is 0. The number of carbonyl (C=O) groups excluding carboxylic acids is 1. The molecule has 0 unspecified atom stereocenters. The number of nitrogens with two attached hydrogens (primary N) is 1. The van der Waals surface area contributed by atoms with Crippen molar-refractivity contribution in [2.45, 2.75) is 20.4 Å². The highest BCUT2D eigenvalue weighted by molar-refractivity contribution is 14.0. The largest absolute Gasteiger partial charge is 0.493 e. The fourth-order valence-corrected chi connectivity index (χ4v) is 2.52. The topological polar surface area (TPSA) is 107 Å². The van der Waals surface area contributed by atoms with E-state index in [2.05, 4.69) is 15.6 Å². The summed E-state index contributed by atoms with van der Waals surface area (Å²) >= 11 is 0. The molecule has 0 heterocycles. The Balaban J connectivity index is 0.00000450. The summed E-state index contributed by atoms with van der Waals surface area (Å²) < 4.78 is 16.3. The summed E-state index contributed by atoms with van der Waals surface area (Å²) in [4.78, 5) is 15.5. The van der Waals surface area contributed by atoms with Crippen molar-refractivity contribution in [2.24, 2.45) is 10.7 Å². The predicted molar refractivity (Wildman–Crippen MR) is 129 cm³/mol. The van der Waals surface area contributed by atoms with E-state index in [4.69, 9.17) is 19.9 Å². The molecule has 2 aromatic rings. The lowest BCUT2D eigenvalue weighted by molar-refractivity contribution is -0.119. The molecular formula is C21H29IN4O4. The van der Waals surface area contributed by atoms with Crippen LogP contribution in [0.1, 0.15) is 19.4 Å². The van der Waals surface area contributed by atoms with E-state index in [0.29, 0.717) is 42.9 Å². The average Bonchev–Trinajstić information content (AvgIpc) is 2.72. The number of carbonyl (C=O) groups is 1. The summed E-state index contributed by atoms with van der Waals surface area (Å²) in [6.45, 7) is 5.47. The third-order valence-corrected chi connectivity index (χ3v) is 3.77. The molecule has 0 aromatic heterocycles. The van der Waals surface area contributed by atoms with E-state index in [-0.39, 0.29) is 30.6 Å². The Morgan fingerprint density at radius 2 is 1.90 bits per heavy atom. The Morgan fingerprint density at radius 3 is 2.57 bits per heavy atom. The van der Waals surface area contributed by atoms with Crippen molar-refractivity contribution in [1.29, 1.82) is 0 Å². The zero-order valence-electron chi connectivity index (χ0n) is 17.4. The number of primary amides is 1. The summed E-state index contributed by atoms with van der Waals surface area (Å²) in [5, 5.41) is 6.47. The molecule has 4 N–H and O–H groups in total. The Hall–Kier alpha value is -2.69. The van der Waals surface area contributed by atoms with Gasteiger partial charge in [-0.25, -0.2) is 4.99 Å². The van der Waals surface area contributed by atoms with Gasteiger partial charge in [-0.15, -0.1) is 24.0 Å². The molecular weight excluding hydrogens is 499 g/mol. The molecule has 0 aliphatic heterocycles. The lowest BCUT2D eigenvalue weighted by Crippen LogP contribution is -2.30. The molecule has 164 valence electrons. The summed E-state index contributed by atoms with van der Waals surface area (Å²) in [7, 11) is 1.61. The van der Waals surface area contributed by atoms with Crippen molar-refractivity contribution in [3.8, 4) is 17.2 Å². The van der Waals surface area contributed by atoms with Gasteiger partial charge in [0, 0.05) is 18.3 Å². The van der Waals surface area contributed by atoms with E-state index < -0.39 is 5.91 Å². The number of ether oxygens (including phenoxy) is 3. The number of rotatable bonds is 10. The molecule has 8 nitrogen and oxygen atoms in total. The number of amides is 1. The van der Waals surface area contributed by atoms with Crippen molar-refractivity contribution < 1.29 is 19.0 Å². The predicted octanol–water partition coefficient (Wildman–Crippen LogP) is 3.15. The molecule has 0 saturated carbocycles. The van der Waals surface area contributed by atoms with Crippen LogP contribution in [0.4, 0.5) is 5.69 Å². The normalized spacial score (nSPS) is 10.6. The molecule has 2 aromatic carbocycles. The quantitative estimate of drug-likeness (QED) is 0.249. The maximum absolute atomic E-state index is 10.9. The molecule has 0 saturated heterocycles. The minimum atomic E-state index is -0.516. The number of aliphatic imine (C=N–C) groups is 1. The molecule has 0 bridgehead atoms. The highest BCUT2D eigenvalue weighted by atomic mass is 127. The number of anilines is 1. The molecule has 0 atom stereocenters. The summed E-state index contributed by atoms with van der Waals surface area (Å²) in [5.41, 5.74) is 6.87. The van der Waals surface area contributed by atoms with Crippen LogP contribution in [0.5, 0.6) is 17.2 Å². The number of hydrogen-bond acceptors (Lipinski definition) is 5. The third kappa shape index (κ3) is 8.36. The summed E-state index contributed by atoms with van der Waals surface area (Å²) in [6.07, 6.45) is 0. The second kappa shape index (κ2) is 13.5. The Bertz CT molecular complexity index is 846. The van der Waals surface area contributed by atoms with Gasteiger partial charge in [-0.3, -0.25) is 4.79 Å². The molecule has 0 spiro atoms. The molecule has 0 aliphatic carbocycles. The smallest absolute Gasteiger partial charge is 0.255 e. The van der Waals surface area contributed by atoms with E-state index in [9.17, 15) is 4.79 Å². The number of hydrogen-bond donors (Lipinski definition) is 3. The number of benzene rings is 2. The van der Waals surface area contributed by atoms with Crippen molar-refractivity contribution in [3.63, 3.8) is 0 Å². The standard InChI is InChI=1S/C21H28N4O4.HI/c1-4-23-21(25-16-9-10-18(28-5-2)19(12-16)27-3)24-13-15-7-6-8-17(11-15)29-14-20(22)26;/h6-12H,4-5,13-14H2,1-3H3,(H2,22,26)(H2,23,24,25);1H. The van der Waals surface area contributed by atoms with Crippen LogP contribution < -0.4 is 30.6 Å². The summed E-state index contributed by atoms with van der Waals surface area (Å²) in [6, 6.07) is 13.0. The maximum atomic E-state index is 10.9. The van der Waals surface area contributed by atoms with Crippen LogP contribution in [0.3, 0.4) is 0 Å². The Labute approximate surface area is 194 Å². The fourth-order valence-electron chi connectivity index (χ4n) is 2.52. The zero-order chi connectivity index (χ0) is 21.1. The van der Waals surface area contributed by atoms with E-state index in [1.807, 2.05) is 50.2 Å². The first-order valence-corrected chi connectivity index (χ1v) is 9.41. The molecule has 0 fully saturated rings. The van der Waals surface area contributed by atoms with Gasteiger partial charge in [-0.05, 0) is 43.7 Å². The second-order valence-electron chi connectivity index (χ2n) is 6.02. The molecule has 0 aliphatic rings. The average molecular weight is 528 g/mol. The maximum Gasteiger partial charge on any atom is 0.255 e. The van der Waals surface area contributed by atoms with Crippen LogP contribution in [0.2, 0.25) is 0 Å². The van der Waals surface area contributed by atoms with Crippen LogP contribution in [0.25, 0.3) is 0 Å². The van der Waals surface area contributed by atoms with Crippen molar-refractivity contribution in [1.82, 2.24) is 5.32 Å². The number of guanidine groups is 1. The van der Waals surface area contributed by atoms with E-state index in [1.54, 1.807) is 13.2 Å². The lowest BCUT2D eigenvalue weighted by atomic mass is 10.2. The van der Waals surface area contributed by atoms with Gasteiger partial charge < -0.3 is 30.6 Å². The summed E-state index contributed by atoms with van der Waals surface area (Å²) in [5.74, 6) is 2.02. The molecule has 9 heteroatoms. The SMILES string of the molecule is CCNC(=NCc1cccc(OCC(N)=O)c1)Nc1ccc(OCC)c(OC)c1.I. The van der Waals surface area contributed by atoms with E-state index in [1.165, 1.54) is 0 Å². The molecule has 0 radical (unpaired) electrons. The molecule has 2 rings (SSSR count). The van der Waals surface area contributed by atoms with Gasteiger partial charge in [0.25, 0.3) is 5.91 Å². The van der Waals surface area contributed by atoms with E-state index >= 15 is 0 Å². The highest BCUT2D eigenvalue weighted by Crippen LogP contribution is 2.30. The van der Waals surface area contributed by atoms with Gasteiger partial charge in [-0.1, -0.05) is 12.1 Å². The van der Waals surface area contributed by atoms with Gasteiger partial charge in [0.05, 0.1) is 20.3 Å². The lowest BCUT2D eigenvalue weighted by Gasteiger charge is -2.14. The van der Waals surface area contributed by atoms with Crippen molar-refractivity contribution in [2.75, 3.05) is 32.2 Å². The van der Waals surface area contributed by atoms with Crippen LogP contribution >= 0.6 is 24.0 Å². The van der Waals surface area contributed by atoms with Crippen LogP contribution in [0.15, 0.2) is 47.5 Å². The second-order valence-corrected chi connectivity index (χ2v) is 6.02. The number of nitrogens with one attached hydrogen (secondary N) is 2. The first kappa shape index (κ1) is 25.3. The Kier molecular flexibility index (Phi) is 11.4. The monoisotopic (exact) mass is 528 g/mol. The van der Waals surface area contributed by atoms with Gasteiger partial charge in [0.2, 0.25) is 0 Å². The van der Waals surface area contributed by atoms with Gasteiger partial charge in [-0.2, -0.15) is 0 Å². The zero-order valence-corrected chi connectivity index (χ0v) is 19.8. The molecule has 1 amide bonds. The van der Waals surface area contributed by atoms with Crippen LogP contribution in [-0.4, -0.2) is 38.7 Å². The number of methoxy groups -OCH3 is 1. The van der Waals surface area contributed by atoms with Crippen molar-refractivity contribution >= 4 is 41.5 Å². The van der Waals surface area contributed by atoms with Gasteiger partial charge >= 0.3 is 0 Å². The van der Waals surface area contributed by atoms with Crippen LogP contribution in [0, 0.1) is 0 Å². The van der Waals surface area contributed by atoms with Gasteiger partial charge in [0.1, 0.15) is 5.75 Å². The minimum Gasteiger partial charge on any atom is -0.493 e. The van der Waals surface area contributed by atoms with Crippen LogP contribution in [-0.2, 0) is 11.3 Å². The van der Waals surface area contributed by atoms with Crippen molar-refractivity contribution in [3.05, 3.63) is 48.0 Å². The molecule has 30 heavy (non-hydrogen) atoms. The first-order valence-electron chi connectivity index (χ1n) is 9.41. The van der Waals surface area contributed by atoms with Gasteiger partial charge in [0.15, 0.2) is 24.1 Å². The Morgan fingerprint density at radius 1 is 1.10 bits per heavy atom. The van der Waals surface area contributed by atoms with E-state index in [0.717, 1.165) is 11.3 Å². The highest BCUT2D eigenvalue weighted by Gasteiger charge is 2.07. The third-order valence-electron chi connectivity index (χ3n) is 3.77. The number of nitrogens with zero attached hydrogens (tertiary/aromatic N) is 1.